The van der Waals surface area contributed by atoms with E-state index < -0.39 is 4.92 Å². The molecule has 5 heteroatoms. The van der Waals surface area contributed by atoms with E-state index in [4.69, 9.17) is 5.11 Å². The maximum atomic E-state index is 10.8. The second kappa shape index (κ2) is 6.85. The summed E-state index contributed by atoms with van der Waals surface area (Å²) >= 11 is 0. The number of aliphatic hydroxyl groups excluding tert-OH is 1. The van der Waals surface area contributed by atoms with Crippen molar-refractivity contribution in [2.75, 3.05) is 18.5 Å². The van der Waals surface area contributed by atoms with Gasteiger partial charge >= 0.3 is 0 Å². The highest BCUT2D eigenvalue weighted by molar-refractivity contribution is 5.61. The van der Waals surface area contributed by atoms with Crippen molar-refractivity contribution in [2.45, 2.75) is 19.8 Å². The first-order chi connectivity index (χ1) is 8.19. The number of rotatable bonds is 7. The van der Waals surface area contributed by atoms with Crippen LogP contribution in [-0.4, -0.2) is 23.2 Å². The highest BCUT2D eigenvalue weighted by atomic mass is 16.6. The molecule has 1 aromatic rings. The van der Waals surface area contributed by atoms with Gasteiger partial charge in [0.1, 0.15) is 5.69 Å². The topological polar surface area (TPSA) is 75.4 Å². The van der Waals surface area contributed by atoms with Gasteiger partial charge in [-0.15, -0.1) is 0 Å². The number of nitrogens with one attached hydrogen (secondary N) is 1. The molecule has 1 rings (SSSR count). The molecule has 0 radical (unpaired) electrons. The molecule has 0 saturated heterocycles. The second-order valence-electron chi connectivity index (χ2n) is 3.94. The summed E-state index contributed by atoms with van der Waals surface area (Å²) in [5.41, 5.74) is 0.625. The van der Waals surface area contributed by atoms with Crippen LogP contribution >= 0.6 is 0 Å². The first-order valence-corrected chi connectivity index (χ1v) is 5.77. The minimum absolute atomic E-state index is 0.0892. The molecule has 0 amide bonds. The van der Waals surface area contributed by atoms with E-state index in [-0.39, 0.29) is 12.3 Å². The zero-order chi connectivity index (χ0) is 12.7. The molecule has 0 heterocycles. The number of nitro benzene ring substituents is 1. The Bertz CT molecular complexity index is 369. The fraction of sp³-hybridized carbons (Fsp3) is 0.500. The molecule has 0 aliphatic carbocycles. The molecule has 94 valence electrons. The van der Waals surface area contributed by atoms with Gasteiger partial charge in [0, 0.05) is 19.2 Å². The average molecular weight is 238 g/mol. The van der Waals surface area contributed by atoms with Crippen molar-refractivity contribution < 1.29 is 10.0 Å². The molecule has 0 bridgehead atoms. The Kier molecular flexibility index (Phi) is 5.42. The summed E-state index contributed by atoms with van der Waals surface area (Å²) in [6.45, 7) is 2.83. The van der Waals surface area contributed by atoms with Gasteiger partial charge in [0.2, 0.25) is 0 Å². The molecule has 0 fully saturated rings. The standard InChI is InChI=1S/C12H18N2O3/c1-2-10(7-8-15)9-13-11-5-3-4-6-12(11)14(16)17/h3-6,10,13,15H,2,7-9H2,1H3. The molecule has 1 aromatic carbocycles. The third-order valence-corrected chi connectivity index (χ3v) is 2.80. The molecule has 1 unspecified atom stereocenters. The summed E-state index contributed by atoms with van der Waals surface area (Å²) < 4.78 is 0. The van der Waals surface area contributed by atoms with E-state index in [9.17, 15) is 10.1 Å². The zero-order valence-corrected chi connectivity index (χ0v) is 9.93. The van der Waals surface area contributed by atoms with Gasteiger partial charge in [0.25, 0.3) is 5.69 Å². The number of para-hydroxylation sites is 2. The summed E-state index contributed by atoms with van der Waals surface area (Å²) in [5.74, 6) is 0.333. The number of hydrogen-bond acceptors (Lipinski definition) is 4. The summed E-state index contributed by atoms with van der Waals surface area (Å²) in [6.07, 6.45) is 1.65. The van der Waals surface area contributed by atoms with E-state index in [2.05, 4.69) is 5.32 Å². The van der Waals surface area contributed by atoms with Gasteiger partial charge in [-0.1, -0.05) is 25.5 Å². The fourth-order valence-corrected chi connectivity index (χ4v) is 1.67. The van der Waals surface area contributed by atoms with Crippen LogP contribution in [0.5, 0.6) is 0 Å². The first kappa shape index (κ1) is 13.4. The molecule has 5 nitrogen and oxygen atoms in total. The van der Waals surface area contributed by atoms with Crippen LogP contribution in [0.25, 0.3) is 0 Å². The number of anilines is 1. The highest BCUT2D eigenvalue weighted by Gasteiger charge is 2.13. The summed E-state index contributed by atoms with van der Waals surface area (Å²) in [5, 5.41) is 22.7. The monoisotopic (exact) mass is 238 g/mol. The molecule has 2 N–H and O–H groups in total. The highest BCUT2D eigenvalue weighted by Crippen LogP contribution is 2.23. The average Bonchev–Trinajstić information content (AvgIpc) is 2.34. The van der Waals surface area contributed by atoms with Crippen LogP contribution in [0.2, 0.25) is 0 Å². The van der Waals surface area contributed by atoms with Crippen LogP contribution in [0.4, 0.5) is 11.4 Å². The van der Waals surface area contributed by atoms with E-state index in [0.29, 0.717) is 24.6 Å². The van der Waals surface area contributed by atoms with Crippen molar-refractivity contribution in [3.63, 3.8) is 0 Å². The number of benzene rings is 1. The minimum Gasteiger partial charge on any atom is -0.396 e. The van der Waals surface area contributed by atoms with Gasteiger partial charge in [-0.3, -0.25) is 10.1 Å². The van der Waals surface area contributed by atoms with Crippen molar-refractivity contribution in [1.82, 2.24) is 0 Å². The molecular weight excluding hydrogens is 220 g/mol. The number of hydrogen-bond donors (Lipinski definition) is 2. The SMILES string of the molecule is CCC(CCO)CNc1ccccc1[N+](=O)[O-]. The van der Waals surface area contributed by atoms with Gasteiger partial charge in [-0.05, 0) is 18.4 Å². The lowest BCUT2D eigenvalue weighted by Crippen LogP contribution is -2.15. The maximum absolute atomic E-state index is 10.8. The van der Waals surface area contributed by atoms with E-state index in [0.717, 1.165) is 6.42 Å². The van der Waals surface area contributed by atoms with Crippen molar-refractivity contribution >= 4 is 11.4 Å². The predicted molar refractivity (Wildman–Crippen MR) is 67.1 cm³/mol. The Balaban J connectivity index is 2.65. The lowest BCUT2D eigenvalue weighted by Gasteiger charge is -2.15. The molecule has 0 aliphatic rings. The molecule has 0 spiro atoms. The maximum Gasteiger partial charge on any atom is 0.292 e. The van der Waals surface area contributed by atoms with Crippen molar-refractivity contribution in [3.8, 4) is 0 Å². The molecule has 0 aromatic heterocycles. The zero-order valence-electron chi connectivity index (χ0n) is 9.93. The molecular formula is C12H18N2O3. The number of aliphatic hydroxyl groups is 1. The summed E-state index contributed by atoms with van der Waals surface area (Å²) in [4.78, 5) is 10.4. The minimum atomic E-state index is -0.394. The van der Waals surface area contributed by atoms with Crippen molar-refractivity contribution in [3.05, 3.63) is 34.4 Å². The van der Waals surface area contributed by atoms with Crippen LogP contribution in [0.15, 0.2) is 24.3 Å². The Labute approximate surface area is 101 Å². The third-order valence-electron chi connectivity index (χ3n) is 2.80. The smallest absolute Gasteiger partial charge is 0.292 e. The molecule has 17 heavy (non-hydrogen) atoms. The first-order valence-electron chi connectivity index (χ1n) is 5.77. The van der Waals surface area contributed by atoms with Gasteiger partial charge in [0.15, 0.2) is 0 Å². The van der Waals surface area contributed by atoms with E-state index >= 15 is 0 Å². The van der Waals surface area contributed by atoms with Crippen LogP contribution < -0.4 is 5.32 Å². The van der Waals surface area contributed by atoms with E-state index in [1.165, 1.54) is 6.07 Å². The Morgan fingerprint density at radius 3 is 2.76 bits per heavy atom. The Morgan fingerprint density at radius 1 is 1.47 bits per heavy atom. The number of nitrogens with zero attached hydrogens (tertiary/aromatic N) is 1. The second-order valence-corrected chi connectivity index (χ2v) is 3.94. The van der Waals surface area contributed by atoms with E-state index in [1.807, 2.05) is 6.92 Å². The van der Waals surface area contributed by atoms with Gasteiger partial charge in [-0.2, -0.15) is 0 Å². The van der Waals surface area contributed by atoms with Crippen molar-refractivity contribution in [1.29, 1.82) is 0 Å². The molecule has 0 aliphatic heterocycles. The lowest BCUT2D eigenvalue weighted by molar-refractivity contribution is -0.384. The molecule has 0 saturated carbocycles. The summed E-state index contributed by atoms with van der Waals surface area (Å²) in [7, 11) is 0. The van der Waals surface area contributed by atoms with Crippen LogP contribution in [0, 0.1) is 16.0 Å². The van der Waals surface area contributed by atoms with Crippen LogP contribution in [-0.2, 0) is 0 Å². The normalized spacial score (nSPS) is 12.1. The number of nitro groups is 1. The third kappa shape index (κ3) is 4.03. The van der Waals surface area contributed by atoms with Crippen LogP contribution in [0.3, 0.4) is 0 Å². The van der Waals surface area contributed by atoms with Crippen molar-refractivity contribution in [2.24, 2.45) is 5.92 Å². The largest absolute Gasteiger partial charge is 0.396 e. The summed E-state index contributed by atoms with van der Waals surface area (Å²) in [6, 6.07) is 6.59. The Morgan fingerprint density at radius 2 is 2.18 bits per heavy atom. The van der Waals surface area contributed by atoms with Gasteiger partial charge in [-0.25, -0.2) is 0 Å². The lowest BCUT2D eigenvalue weighted by atomic mass is 10.0. The Hall–Kier alpha value is -1.62. The predicted octanol–water partition coefficient (Wildman–Crippen LogP) is 2.42. The molecule has 1 atom stereocenters. The van der Waals surface area contributed by atoms with Gasteiger partial charge in [0.05, 0.1) is 4.92 Å². The van der Waals surface area contributed by atoms with E-state index in [1.54, 1.807) is 18.2 Å². The van der Waals surface area contributed by atoms with Gasteiger partial charge < -0.3 is 10.4 Å². The fourth-order valence-electron chi connectivity index (χ4n) is 1.67. The quantitative estimate of drug-likeness (QED) is 0.565. The van der Waals surface area contributed by atoms with Crippen LogP contribution in [0.1, 0.15) is 19.8 Å².